The van der Waals surface area contributed by atoms with Crippen molar-refractivity contribution in [3.8, 4) is 28.8 Å². The lowest BCUT2D eigenvalue weighted by atomic mass is 10.1. The third kappa shape index (κ3) is 3.44. The largest absolute Gasteiger partial charge is 0.493 e. The van der Waals surface area contributed by atoms with Crippen molar-refractivity contribution in [2.24, 2.45) is 0 Å². The number of methoxy groups -OCH3 is 1. The van der Waals surface area contributed by atoms with Crippen LogP contribution >= 0.6 is 23.4 Å². The van der Waals surface area contributed by atoms with Crippen LogP contribution in [0.1, 0.15) is 12.5 Å². The van der Waals surface area contributed by atoms with Crippen molar-refractivity contribution in [3.63, 3.8) is 0 Å². The molecule has 6 nitrogen and oxygen atoms in total. The zero-order valence-electron chi connectivity index (χ0n) is 12.8. The zero-order chi connectivity index (χ0) is 17.0. The Morgan fingerprint density at radius 1 is 1.43 bits per heavy atom. The maximum Gasteiger partial charge on any atom is 0.270 e. The molecule has 0 amide bonds. The fourth-order valence-corrected chi connectivity index (χ4v) is 2.61. The number of halogens is 1. The Labute approximate surface area is 142 Å². The van der Waals surface area contributed by atoms with Crippen LogP contribution in [0.15, 0.2) is 22.1 Å². The van der Waals surface area contributed by atoms with E-state index in [0.29, 0.717) is 33.8 Å². The van der Waals surface area contributed by atoms with Gasteiger partial charge in [0, 0.05) is 11.6 Å². The molecule has 1 heterocycles. The van der Waals surface area contributed by atoms with Crippen LogP contribution < -0.4 is 15.0 Å². The van der Waals surface area contributed by atoms with Gasteiger partial charge in [-0.1, -0.05) is 23.4 Å². The molecular weight excluding hydrogens is 338 g/mol. The number of benzene rings is 1. The van der Waals surface area contributed by atoms with E-state index < -0.39 is 5.56 Å². The molecule has 0 radical (unpaired) electrons. The van der Waals surface area contributed by atoms with Gasteiger partial charge in [0.25, 0.3) is 5.56 Å². The van der Waals surface area contributed by atoms with Gasteiger partial charge in [-0.3, -0.25) is 4.79 Å². The Morgan fingerprint density at radius 2 is 2.17 bits per heavy atom. The van der Waals surface area contributed by atoms with Gasteiger partial charge in [0.05, 0.1) is 24.4 Å². The minimum Gasteiger partial charge on any atom is -0.493 e. The monoisotopic (exact) mass is 351 g/mol. The van der Waals surface area contributed by atoms with Crippen LogP contribution in [0.3, 0.4) is 0 Å². The van der Waals surface area contributed by atoms with Crippen molar-refractivity contribution in [2.45, 2.75) is 12.1 Å². The molecule has 0 saturated heterocycles. The van der Waals surface area contributed by atoms with E-state index in [1.165, 1.54) is 18.9 Å². The van der Waals surface area contributed by atoms with Crippen LogP contribution in [0.4, 0.5) is 0 Å². The summed E-state index contributed by atoms with van der Waals surface area (Å²) in [5.74, 6) is 0.931. The second-order valence-corrected chi connectivity index (χ2v) is 5.53. The fraction of sp³-hybridized carbons (Fsp3) is 0.267. The lowest BCUT2D eigenvalue weighted by molar-refractivity contribution is 0.311. The van der Waals surface area contributed by atoms with E-state index in [4.69, 9.17) is 21.1 Å². The van der Waals surface area contributed by atoms with Gasteiger partial charge in [0.15, 0.2) is 16.7 Å². The van der Waals surface area contributed by atoms with E-state index in [-0.39, 0.29) is 11.3 Å². The van der Waals surface area contributed by atoms with Crippen molar-refractivity contribution in [3.05, 3.63) is 33.1 Å². The summed E-state index contributed by atoms with van der Waals surface area (Å²) in [6.07, 6.45) is 1.77. The highest BCUT2D eigenvalue weighted by Crippen LogP contribution is 2.38. The summed E-state index contributed by atoms with van der Waals surface area (Å²) in [7, 11) is 1.51. The topological polar surface area (TPSA) is 88.0 Å². The second kappa shape index (κ2) is 7.40. The number of nitriles is 1. The highest BCUT2D eigenvalue weighted by Gasteiger charge is 2.19. The molecule has 0 bridgehead atoms. The maximum absolute atomic E-state index is 12.0. The van der Waals surface area contributed by atoms with Crippen LogP contribution in [0, 0.1) is 11.3 Å². The Morgan fingerprint density at radius 3 is 2.74 bits per heavy atom. The first-order chi connectivity index (χ1) is 11.0. The average Bonchev–Trinajstić information content (AvgIpc) is 2.55. The second-order valence-electron chi connectivity index (χ2n) is 4.33. The summed E-state index contributed by atoms with van der Waals surface area (Å²) in [6, 6.07) is 5.07. The highest BCUT2D eigenvalue weighted by molar-refractivity contribution is 7.98. The van der Waals surface area contributed by atoms with Gasteiger partial charge in [-0.05, 0) is 19.2 Å². The summed E-state index contributed by atoms with van der Waals surface area (Å²) in [4.78, 5) is 18.9. The maximum atomic E-state index is 12.0. The molecule has 23 heavy (non-hydrogen) atoms. The molecule has 0 fully saturated rings. The molecule has 2 rings (SSSR count). The van der Waals surface area contributed by atoms with Crippen LogP contribution in [-0.2, 0) is 0 Å². The van der Waals surface area contributed by atoms with Crippen LogP contribution in [-0.4, -0.2) is 29.9 Å². The molecule has 0 aliphatic carbocycles. The molecule has 8 heteroatoms. The minimum atomic E-state index is -0.508. The molecule has 120 valence electrons. The molecular formula is C15H14ClN3O3S. The number of nitrogens with one attached hydrogen (secondary N) is 1. The van der Waals surface area contributed by atoms with E-state index in [0.717, 1.165) is 0 Å². The van der Waals surface area contributed by atoms with E-state index in [1.54, 1.807) is 18.4 Å². The molecule has 0 unspecified atom stereocenters. The molecule has 0 aliphatic rings. The van der Waals surface area contributed by atoms with Crippen LogP contribution in [0.25, 0.3) is 11.3 Å². The molecule has 1 N–H and O–H groups in total. The number of aromatic nitrogens is 2. The Kier molecular flexibility index (Phi) is 5.53. The van der Waals surface area contributed by atoms with Crippen molar-refractivity contribution >= 4 is 23.4 Å². The number of hydrogen-bond donors (Lipinski definition) is 1. The first-order valence-electron chi connectivity index (χ1n) is 6.64. The summed E-state index contributed by atoms with van der Waals surface area (Å²) in [6.45, 7) is 2.27. The minimum absolute atomic E-state index is 0.0997. The predicted molar refractivity (Wildman–Crippen MR) is 89.5 cm³/mol. The summed E-state index contributed by atoms with van der Waals surface area (Å²) >= 11 is 7.55. The van der Waals surface area contributed by atoms with E-state index >= 15 is 0 Å². The number of H-pyrrole nitrogens is 1. The van der Waals surface area contributed by atoms with Crippen molar-refractivity contribution < 1.29 is 9.47 Å². The van der Waals surface area contributed by atoms with Gasteiger partial charge < -0.3 is 14.5 Å². The zero-order valence-corrected chi connectivity index (χ0v) is 14.3. The Bertz CT molecular complexity index is 830. The summed E-state index contributed by atoms with van der Waals surface area (Å²) in [5.41, 5.74) is 0.0482. The first kappa shape index (κ1) is 17.2. The molecule has 2 aromatic rings. The number of thioether (sulfide) groups is 1. The van der Waals surface area contributed by atoms with Crippen LogP contribution in [0.2, 0.25) is 5.02 Å². The summed E-state index contributed by atoms with van der Waals surface area (Å²) in [5, 5.41) is 9.98. The number of rotatable bonds is 5. The van der Waals surface area contributed by atoms with Crippen LogP contribution in [0.5, 0.6) is 11.5 Å². The van der Waals surface area contributed by atoms with Crippen molar-refractivity contribution in [2.75, 3.05) is 20.0 Å². The average molecular weight is 352 g/mol. The normalized spacial score (nSPS) is 10.2. The SMILES string of the molecule is CCOc1cc(-c2nc(SC)[nH]c(=O)c2C#N)c(Cl)cc1OC. The third-order valence-corrected chi connectivity index (χ3v) is 3.90. The van der Waals surface area contributed by atoms with Crippen molar-refractivity contribution in [1.82, 2.24) is 9.97 Å². The Hall–Kier alpha value is -2.17. The third-order valence-electron chi connectivity index (χ3n) is 3.01. The number of aromatic amines is 1. The lowest BCUT2D eigenvalue weighted by Gasteiger charge is -2.13. The number of nitrogens with zero attached hydrogens (tertiary/aromatic N) is 2. The van der Waals surface area contributed by atoms with Gasteiger partial charge >= 0.3 is 0 Å². The molecule has 0 atom stereocenters. The van der Waals surface area contributed by atoms with Gasteiger partial charge in [-0.15, -0.1) is 0 Å². The highest BCUT2D eigenvalue weighted by atomic mass is 35.5. The standard InChI is InChI=1S/C15H14ClN3O3S/c1-4-22-12-5-8(10(16)6-11(12)21-2)13-9(7-17)14(20)19-15(18-13)23-3/h5-6H,4H2,1-3H3,(H,18,19,20). The van der Waals surface area contributed by atoms with E-state index in [9.17, 15) is 10.1 Å². The smallest absolute Gasteiger partial charge is 0.270 e. The quantitative estimate of drug-likeness (QED) is 0.657. The van der Waals surface area contributed by atoms with Gasteiger partial charge in [0.1, 0.15) is 11.6 Å². The molecule has 1 aromatic carbocycles. The first-order valence-corrected chi connectivity index (χ1v) is 8.25. The van der Waals surface area contributed by atoms with Gasteiger partial charge in [-0.25, -0.2) is 4.98 Å². The summed E-state index contributed by atoms with van der Waals surface area (Å²) < 4.78 is 10.7. The van der Waals surface area contributed by atoms with Gasteiger partial charge in [0.2, 0.25) is 0 Å². The molecule has 1 aromatic heterocycles. The molecule has 0 aliphatic heterocycles. The number of hydrogen-bond acceptors (Lipinski definition) is 6. The predicted octanol–water partition coefficient (Wildman–Crippen LogP) is 3.09. The van der Waals surface area contributed by atoms with E-state index in [2.05, 4.69) is 9.97 Å². The molecule has 0 spiro atoms. The van der Waals surface area contributed by atoms with Crippen molar-refractivity contribution in [1.29, 1.82) is 5.26 Å². The van der Waals surface area contributed by atoms with Gasteiger partial charge in [-0.2, -0.15) is 5.26 Å². The van der Waals surface area contributed by atoms with E-state index in [1.807, 2.05) is 13.0 Å². The number of ether oxygens (including phenoxy) is 2. The Balaban J connectivity index is 2.76. The fourth-order valence-electron chi connectivity index (χ4n) is 1.99. The molecule has 0 saturated carbocycles. The lowest BCUT2D eigenvalue weighted by Crippen LogP contribution is -2.14.